The summed E-state index contributed by atoms with van der Waals surface area (Å²) >= 11 is 0. The lowest BCUT2D eigenvalue weighted by molar-refractivity contribution is -0.142. The number of nitrogens with zero attached hydrogens (tertiary/aromatic N) is 1. The minimum absolute atomic E-state index is 0.0310. The van der Waals surface area contributed by atoms with Crippen LogP contribution in [0.15, 0.2) is 79.0 Å². The number of rotatable bonds is 7. The smallest absolute Gasteiger partial charge is 0.328 e. The molecule has 0 saturated carbocycles. The molecule has 1 atom stereocenters. The van der Waals surface area contributed by atoms with Gasteiger partial charge in [0.05, 0.1) is 24.8 Å². The monoisotopic (exact) mass is 481 g/mol. The first-order chi connectivity index (χ1) is 17.5. The third-order valence-corrected chi connectivity index (χ3v) is 6.30. The Bertz CT molecular complexity index is 1470. The van der Waals surface area contributed by atoms with E-state index in [-0.39, 0.29) is 24.8 Å². The number of H-pyrrole nitrogens is 1. The number of ether oxygens (including phenoxy) is 1. The Hall–Kier alpha value is -4.72. The lowest BCUT2D eigenvalue weighted by Gasteiger charge is -2.17. The maximum absolute atomic E-state index is 13.1. The van der Waals surface area contributed by atoms with Crippen molar-refractivity contribution in [1.29, 1.82) is 0 Å². The molecule has 0 aliphatic carbocycles. The molecule has 2 N–H and O–H groups in total. The van der Waals surface area contributed by atoms with Gasteiger partial charge in [-0.05, 0) is 41.5 Å². The maximum atomic E-state index is 13.1. The fourth-order valence-corrected chi connectivity index (χ4v) is 4.47. The van der Waals surface area contributed by atoms with Crippen molar-refractivity contribution in [2.24, 2.45) is 0 Å². The zero-order valence-electron chi connectivity index (χ0n) is 19.5. The standard InChI is InChI=1S/C28H23N3O5/c1-36-28(35)24(14-19-15-29-23-12-5-4-9-20(19)23)30-25(32)18-8-6-7-17(13-18)16-31-26(33)21-10-2-3-11-22(21)27(31)34/h2-13,15,24,29H,14,16H2,1H3,(H,30,32)/t24-/m1/s1. The maximum Gasteiger partial charge on any atom is 0.328 e. The van der Waals surface area contributed by atoms with Crippen LogP contribution in [0.4, 0.5) is 0 Å². The topological polar surface area (TPSA) is 109 Å². The van der Waals surface area contributed by atoms with Crippen LogP contribution in [0.1, 0.15) is 42.2 Å². The number of hydrogen-bond acceptors (Lipinski definition) is 5. The van der Waals surface area contributed by atoms with E-state index in [9.17, 15) is 19.2 Å². The van der Waals surface area contributed by atoms with Gasteiger partial charge in [0.15, 0.2) is 0 Å². The van der Waals surface area contributed by atoms with Crippen molar-refractivity contribution in [3.05, 3.63) is 107 Å². The van der Waals surface area contributed by atoms with Gasteiger partial charge in [-0.15, -0.1) is 0 Å². The molecule has 2 heterocycles. The Balaban J connectivity index is 1.33. The van der Waals surface area contributed by atoms with Crippen LogP contribution < -0.4 is 5.32 Å². The molecule has 180 valence electrons. The largest absolute Gasteiger partial charge is 0.467 e. The number of hydrogen-bond donors (Lipinski definition) is 2. The van der Waals surface area contributed by atoms with Gasteiger partial charge in [0.25, 0.3) is 17.7 Å². The summed E-state index contributed by atoms with van der Waals surface area (Å²) in [7, 11) is 1.28. The van der Waals surface area contributed by atoms with Crippen LogP contribution in [0.5, 0.6) is 0 Å². The van der Waals surface area contributed by atoms with Crippen LogP contribution in [0.25, 0.3) is 10.9 Å². The average Bonchev–Trinajstić information content (AvgIpc) is 3.42. The lowest BCUT2D eigenvalue weighted by Crippen LogP contribution is -2.43. The van der Waals surface area contributed by atoms with Crippen molar-refractivity contribution < 1.29 is 23.9 Å². The molecule has 0 unspecified atom stereocenters. The predicted octanol–water partition coefficient (Wildman–Crippen LogP) is 3.48. The molecule has 0 spiro atoms. The molecule has 4 aromatic rings. The van der Waals surface area contributed by atoms with Gasteiger partial charge in [0, 0.05) is 29.1 Å². The van der Waals surface area contributed by atoms with Crippen molar-refractivity contribution in [3.63, 3.8) is 0 Å². The summed E-state index contributed by atoms with van der Waals surface area (Å²) in [5.41, 5.74) is 3.47. The van der Waals surface area contributed by atoms with Gasteiger partial charge < -0.3 is 15.0 Å². The summed E-state index contributed by atoms with van der Waals surface area (Å²) in [4.78, 5) is 55.3. The second-order valence-corrected chi connectivity index (χ2v) is 8.56. The molecule has 1 aliphatic rings. The Morgan fingerprint density at radius 3 is 2.36 bits per heavy atom. The van der Waals surface area contributed by atoms with Crippen molar-refractivity contribution in [2.75, 3.05) is 7.11 Å². The van der Waals surface area contributed by atoms with Gasteiger partial charge >= 0.3 is 5.97 Å². The number of benzene rings is 3. The SMILES string of the molecule is COC(=O)[C@@H](Cc1c[nH]c2ccccc12)NC(=O)c1cccc(CN2C(=O)c3ccccc3C2=O)c1. The summed E-state index contributed by atoms with van der Waals surface area (Å²) in [5.74, 6) is -1.75. The molecule has 0 fully saturated rings. The minimum Gasteiger partial charge on any atom is -0.467 e. The van der Waals surface area contributed by atoms with E-state index in [2.05, 4.69) is 10.3 Å². The number of nitrogens with one attached hydrogen (secondary N) is 2. The molecule has 3 amide bonds. The number of para-hydroxylation sites is 1. The van der Waals surface area contributed by atoms with Gasteiger partial charge in [-0.2, -0.15) is 0 Å². The summed E-state index contributed by atoms with van der Waals surface area (Å²) in [5, 5.41) is 3.73. The lowest BCUT2D eigenvalue weighted by atomic mass is 10.0. The Kier molecular flexibility index (Phi) is 6.08. The second-order valence-electron chi connectivity index (χ2n) is 8.56. The number of aromatic amines is 1. The van der Waals surface area contributed by atoms with Gasteiger partial charge in [-0.25, -0.2) is 4.79 Å². The molecule has 1 aliphatic heterocycles. The van der Waals surface area contributed by atoms with E-state index in [0.29, 0.717) is 22.3 Å². The minimum atomic E-state index is -0.901. The summed E-state index contributed by atoms with van der Waals surface area (Å²) in [6.07, 6.45) is 2.06. The van der Waals surface area contributed by atoms with Crippen LogP contribution in [-0.2, 0) is 22.5 Å². The van der Waals surface area contributed by atoms with Crippen molar-refractivity contribution in [2.45, 2.75) is 19.0 Å². The highest BCUT2D eigenvalue weighted by atomic mass is 16.5. The average molecular weight is 482 g/mol. The first-order valence-corrected chi connectivity index (χ1v) is 11.4. The number of esters is 1. The number of methoxy groups -OCH3 is 1. The van der Waals surface area contributed by atoms with E-state index in [1.165, 1.54) is 7.11 Å². The Morgan fingerprint density at radius 1 is 0.944 bits per heavy atom. The summed E-state index contributed by atoms with van der Waals surface area (Å²) in [6, 6.07) is 20.1. The molecule has 36 heavy (non-hydrogen) atoms. The number of fused-ring (bicyclic) bond motifs is 2. The number of carbonyl (C=O) groups excluding carboxylic acids is 4. The molecule has 0 bridgehead atoms. The number of imide groups is 1. The second kappa shape index (κ2) is 9.50. The molecule has 0 saturated heterocycles. The fourth-order valence-electron chi connectivity index (χ4n) is 4.47. The highest BCUT2D eigenvalue weighted by molar-refractivity contribution is 6.21. The first kappa shape index (κ1) is 23.0. The fraction of sp³-hybridized carbons (Fsp3) is 0.143. The Labute approximate surface area is 206 Å². The third kappa shape index (κ3) is 4.24. The molecular formula is C28H23N3O5. The van der Waals surface area contributed by atoms with E-state index >= 15 is 0 Å². The molecule has 3 aromatic carbocycles. The zero-order chi connectivity index (χ0) is 25.2. The van der Waals surface area contributed by atoms with Gasteiger partial charge in [0.2, 0.25) is 0 Å². The highest BCUT2D eigenvalue weighted by Gasteiger charge is 2.35. The Morgan fingerprint density at radius 2 is 1.64 bits per heavy atom. The number of aromatic nitrogens is 1. The first-order valence-electron chi connectivity index (χ1n) is 11.4. The van der Waals surface area contributed by atoms with Crippen LogP contribution in [-0.4, -0.2) is 46.7 Å². The highest BCUT2D eigenvalue weighted by Crippen LogP contribution is 2.24. The number of amides is 3. The summed E-state index contributed by atoms with van der Waals surface area (Å²) < 4.78 is 4.93. The summed E-state index contributed by atoms with van der Waals surface area (Å²) in [6.45, 7) is 0.0310. The van der Waals surface area contributed by atoms with Gasteiger partial charge in [0.1, 0.15) is 6.04 Å². The molecule has 8 nitrogen and oxygen atoms in total. The normalized spacial score (nSPS) is 13.5. The molecule has 8 heteroatoms. The molecule has 0 radical (unpaired) electrons. The van der Waals surface area contributed by atoms with E-state index in [0.717, 1.165) is 21.4 Å². The van der Waals surface area contributed by atoms with E-state index in [1.807, 2.05) is 30.5 Å². The van der Waals surface area contributed by atoms with Crippen molar-refractivity contribution >= 4 is 34.6 Å². The van der Waals surface area contributed by atoms with Gasteiger partial charge in [-0.3, -0.25) is 19.3 Å². The van der Waals surface area contributed by atoms with Gasteiger partial charge in [-0.1, -0.05) is 42.5 Å². The van der Waals surface area contributed by atoms with E-state index in [4.69, 9.17) is 4.74 Å². The van der Waals surface area contributed by atoms with E-state index in [1.54, 1.807) is 48.5 Å². The van der Waals surface area contributed by atoms with Crippen molar-refractivity contribution in [3.8, 4) is 0 Å². The van der Waals surface area contributed by atoms with Crippen LogP contribution in [0.2, 0.25) is 0 Å². The quantitative estimate of drug-likeness (QED) is 0.310. The van der Waals surface area contributed by atoms with E-state index < -0.39 is 17.9 Å². The van der Waals surface area contributed by atoms with Crippen LogP contribution >= 0.6 is 0 Å². The van der Waals surface area contributed by atoms with Crippen LogP contribution in [0.3, 0.4) is 0 Å². The van der Waals surface area contributed by atoms with Crippen molar-refractivity contribution in [1.82, 2.24) is 15.2 Å². The number of carbonyl (C=O) groups is 4. The zero-order valence-corrected chi connectivity index (χ0v) is 19.5. The predicted molar refractivity (Wildman–Crippen MR) is 132 cm³/mol. The molecule has 5 rings (SSSR count). The molecule has 1 aromatic heterocycles. The third-order valence-electron chi connectivity index (χ3n) is 6.30. The molecular weight excluding hydrogens is 458 g/mol. The van der Waals surface area contributed by atoms with Crippen LogP contribution in [0, 0.1) is 0 Å².